The molecule has 0 amide bonds. The van der Waals surface area contributed by atoms with Crippen LogP contribution in [0, 0.1) is 0 Å². The zero-order chi connectivity index (χ0) is 8.43. The Balaban J connectivity index is 2.97. The Labute approximate surface area is 65.4 Å². The fourth-order valence-corrected chi connectivity index (χ4v) is 0.945. The van der Waals surface area contributed by atoms with Crippen LogP contribution in [0.4, 0.5) is 0 Å². The van der Waals surface area contributed by atoms with Gasteiger partial charge in [0.2, 0.25) is 5.88 Å². The second-order valence-corrected chi connectivity index (χ2v) is 2.41. The van der Waals surface area contributed by atoms with Crippen molar-refractivity contribution >= 4 is 0 Å². The van der Waals surface area contributed by atoms with Gasteiger partial charge in [-0.25, -0.2) is 0 Å². The molecule has 11 heavy (non-hydrogen) atoms. The van der Waals surface area contributed by atoms with Gasteiger partial charge in [-0.05, 0) is 6.92 Å². The van der Waals surface area contributed by atoms with Crippen LogP contribution in [-0.2, 0) is 7.05 Å². The Hall–Kier alpha value is -1.03. The highest BCUT2D eigenvalue weighted by molar-refractivity contribution is 5.16. The van der Waals surface area contributed by atoms with E-state index in [2.05, 4.69) is 5.10 Å². The molecule has 62 valence electrons. The summed E-state index contributed by atoms with van der Waals surface area (Å²) in [6.45, 7) is 1.69. The minimum absolute atomic E-state index is 0.503. The van der Waals surface area contributed by atoms with Crippen LogP contribution in [0.2, 0.25) is 0 Å². The number of aliphatic hydroxyl groups is 1. The molecule has 0 fully saturated rings. The molecule has 0 spiro atoms. The fraction of sp³-hybridized carbons (Fsp3) is 0.571. The summed E-state index contributed by atoms with van der Waals surface area (Å²) in [5.41, 5.74) is 0.752. The van der Waals surface area contributed by atoms with E-state index in [0.717, 1.165) is 5.69 Å². The Morgan fingerprint density at radius 3 is 2.64 bits per heavy atom. The molecule has 0 aliphatic carbocycles. The van der Waals surface area contributed by atoms with Crippen LogP contribution in [0.25, 0.3) is 0 Å². The first-order chi connectivity index (χ1) is 5.15. The maximum atomic E-state index is 9.20. The second kappa shape index (κ2) is 2.92. The van der Waals surface area contributed by atoms with Crippen LogP contribution >= 0.6 is 0 Å². The van der Waals surface area contributed by atoms with Crippen LogP contribution in [0.15, 0.2) is 6.07 Å². The highest BCUT2D eigenvalue weighted by atomic mass is 16.5. The minimum Gasteiger partial charge on any atom is -0.480 e. The van der Waals surface area contributed by atoms with E-state index in [1.165, 1.54) is 0 Å². The van der Waals surface area contributed by atoms with Crippen LogP contribution in [-0.4, -0.2) is 22.0 Å². The Kier molecular flexibility index (Phi) is 2.14. The number of rotatable bonds is 2. The molecule has 4 heteroatoms. The van der Waals surface area contributed by atoms with Gasteiger partial charge in [-0.3, -0.25) is 4.68 Å². The molecule has 0 saturated heterocycles. The van der Waals surface area contributed by atoms with E-state index >= 15 is 0 Å². The highest BCUT2D eigenvalue weighted by Crippen LogP contribution is 2.16. The molecule has 1 heterocycles. The largest absolute Gasteiger partial charge is 0.480 e. The van der Waals surface area contributed by atoms with Crippen molar-refractivity contribution in [3.05, 3.63) is 11.8 Å². The van der Waals surface area contributed by atoms with Crippen molar-refractivity contribution in [1.82, 2.24) is 9.78 Å². The summed E-state index contributed by atoms with van der Waals surface area (Å²) < 4.78 is 6.48. The third-order valence-corrected chi connectivity index (χ3v) is 1.53. The number of hydrogen-bond donors (Lipinski definition) is 1. The van der Waals surface area contributed by atoms with Gasteiger partial charge in [0, 0.05) is 13.1 Å². The molecule has 0 unspecified atom stereocenters. The van der Waals surface area contributed by atoms with Gasteiger partial charge in [0.1, 0.15) is 0 Å². The lowest BCUT2D eigenvalue weighted by molar-refractivity contribution is 0.189. The van der Waals surface area contributed by atoms with Gasteiger partial charge in [-0.15, -0.1) is 5.10 Å². The van der Waals surface area contributed by atoms with Crippen molar-refractivity contribution in [1.29, 1.82) is 0 Å². The Bertz CT molecular complexity index is 243. The van der Waals surface area contributed by atoms with Crippen molar-refractivity contribution in [2.75, 3.05) is 7.11 Å². The van der Waals surface area contributed by atoms with E-state index in [4.69, 9.17) is 4.74 Å². The van der Waals surface area contributed by atoms with E-state index in [-0.39, 0.29) is 0 Å². The van der Waals surface area contributed by atoms with Gasteiger partial charge in [0.25, 0.3) is 0 Å². The number of hydrogen-bond acceptors (Lipinski definition) is 3. The molecule has 1 aromatic heterocycles. The van der Waals surface area contributed by atoms with E-state index in [1.54, 1.807) is 31.8 Å². The molecular weight excluding hydrogens is 144 g/mol. The molecule has 1 rings (SSSR count). The summed E-state index contributed by atoms with van der Waals surface area (Å²) in [5, 5.41) is 13.2. The lowest BCUT2D eigenvalue weighted by atomic mass is 10.3. The average Bonchev–Trinajstić information content (AvgIpc) is 2.30. The summed E-state index contributed by atoms with van der Waals surface area (Å²) in [6, 6.07) is 1.71. The summed E-state index contributed by atoms with van der Waals surface area (Å²) in [7, 11) is 3.32. The number of aryl methyl sites for hydroxylation is 1. The fourth-order valence-electron chi connectivity index (χ4n) is 0.945. The van der Waals surface area contributed by atoms with Crippen LogP contribution in [0.5, 0.6) is 5.88 Å². The number of aliphatic hydroxyl groups excluding tert-OH is 1. The van der Waals surface area contributed by atoms with Crippen LogP contribution < -0.4 is 4.74 Å². The topological polar surface area (TPSA) is 47.3 Å². The van der Waals surface area contributed by atoms with E-state index in [9.17, 15) is 5.11 Å². The monoisotopic (exact) mass is 156 g/mol. The lowest BCUT2D eigenvalue weighted by Crippen LogP contribution is -2.01. The molecule has 0 bridgehead atoms. The third-order valence-electron chi connectivity index (χ3n) is 1.53. The predicted molar refractivity (Wildman–Crippen MR) is 40.4 cm³/mol. The number of nitrogens with zero attached hydrogens (tertiary/aromatic N) is 2. The molecular formula is C7H12N2O2. The first-order valence-electron chi connectivity index (χ1n) is 3.41. The number of methoxy groups -OCH3 is 1. The molecule has 1 aromatic rings. The van der Waals surface area contributed by atoms with Crippen LogP contribution in [0.1, 0.15) is 18.7 Å². The van der Waals surface area contributed by atoms with Crippen molar-refractivity contribution in [2.45, 2.75) is 13.0 Å². The summed E-state index contributed by atoms with van der Waals surface area (Å²) in [4.78, 5) is 0. The molecule has 1 atom stereocenters. The third kappa shape index (κ3) is 1.51. The lowest BCUT2D eigenvalue weighted by Gasteiger charge is -2.01. The summed E-state index contributed by atoms with van der Waals surface area (Å²) in [6.07, 6.45) is -0.503. The van der Waals surface area contributed by atoms with Gasteiger partial charge in [0.15, 0.2) is 0 Å². The van der Waals surface area contributed by atoms with Gasteiger partial charge in [0.05, 0.1) is 18.9 Å². The molecule has 0 aromatic carbocycles. The van der Waals surface area contributed by atoms with Gasteiger partial charge >= 0.3 is 0 Å². The standard InChI is InChI=1S/C7H12N2O2/c1-5(10)6-4-7(11-3)8-9(6)2/h4-5,10H,1-3H3/t5-/m1/s1. The van der Waals surface area contributed by atoms with E-state index < -0.39 is 6.10 Å². The van der Waals surface area contributed by atoms with Crippen molar-refractivity contribution < 1.29 is 9.84 Å². The molecule has 1 N–H and O–H groups in total. The molecule has 0 aliphatic heterocycles. The molecule has 0 radical (unpaired) electrons. The second-order valence-electron chi connectivity index (χ2n) is 2.41. The molecule has 0 aliphatic rings. The quantitative estimate of drug-likeness (QED) is 0.677. The van der Waals surface area contributed by atoms with Crippen molar-refractivity contribution in [2.24, 2.45) is 7.05 Å². The first kappa shape index (κ1) is 8.07. The minimum atomic E-state index is -0.503. The summed E-state index contributed by atoms with van der Waals surface area (Å²) in [5.74, 6) is 0.531. The Morgan fingerprint density at radius 1 is 1.73 bits per heavy atom. The highest BCUT2D eigenvalue weighted by Gasteiger charge is 2.08. The summed E-state index contributed by atoms with van der Waals surface area (Å²) >= 11 is 0. The zero-order valence-corrected chi connectivity index (χ0v) is 6.90. The van der Waals surface area contributed by atoms with Crippen LogP contribution in [0.3, 0.4) is 0 Å². The maximum Gasteiger partial charge on any atom is 0.232 e. The van der Waals surface area contributed by atoms with Gasteiger partial charge in [-0.1, -0.05) is 0 Å². The molecule has 0 saturated carbocycles. The Morgan fingerprint density at radius 2 is 2.36 bits per heavy atom. The predicted octanol–water partition coefficient (Wildman–Crippen LogP) is 0.482. The van der Waals surface area contributed by atoms with Crippen molar-refractivity contribution in [3.63, 3.8) is 0 Å². The van der Waals surface area contributed by atoms with Crippen molar-refractivity contribution in [3.8, 4) is 5.88 Å². The molecule has 4 nitrogen and oxygen atoms in total. The van der Waals surface area contributed by atoms with E-state index in [1.807, 2.05) is 0 Å². The normalized spacial score (nSPS) is 13.1. The average molecular weight is 156 g/mol. The van der Waals surface area contributed by atoms with Gasteiger partial charge in [-0.2, -0.15) is 0 Å². The van der Waals surface area contributed by atoms with Gasteiger partial charge < -0.3 is 9.84 Å². The number of aromatic nitrogens is 2. The maximum absolute atomic E-state index is 9.20. The smallest absolute Gasteiger partial charge is 0.232 e. The number of ether oxygens (including phenoxy) is 1. The van der Waals surface area contributed by atoms with E-state index in [0.29, 0.717) is 5.88 Å². The zero-order valence-electron chi connectivity index (χ0n) is 6.90. The first-order valence-corrected chi connectivity index (χ1v) is 3.41. The SMILES string of the molecule is COc1cc([C@@H](C)O)n(C)n1.